The number of fused-ring (bicyclic) bond motifs is 2. The van der Waals surface area contributed by atoms with Gasteiger partial charge in [-0.15, -0.1) is 0 Å². The summed E-state index contributed by atoms with van der Waals surface area (Å²) in [5.74, 6) is 1.75. The number of nitrogens with zero attached hydrogens (tertiary/aromatic N) is 7. The first-order chi connectivity index (χ1) is 12.2. The van der Waals surface area contributed by atoms with Gasteiger partial charge in [-0.05, 0) is 30.7 Å². The molecule has 0 unspecified atom stereocenters. The molecule has 0 spiro atoms. The molecule has 130 valence electrons. The topological polar surface area (TPSA) is 84.9 Å². The predicted molar refractivity (Wildman–Crippen MR) is 92.0 cm³/mol. The summed E-state index contributed by atoms with van der Waals surface area (Å²) in [7, 11) is 1.94. The minimum absolute atomic E-state index is 0.0652. The van der Waals surface area contributed by atoms with Gasteiger partial charge in [0.15, 0.2) is 5.65 Å². The van der Waals surface area contributed by atoms with Crippen molar-refractivity contribution in [1.29, 1.82) is 0 Å². The van der Waals surface area contributed by atoms with Crippen LogP contribution in [0.1, 0.15) is 18.9 Å². The second-order valence-electron chi connectivity index (χ2n) is 7.25. The minimum Gasteiger partial charge on any atom is -0.391 e. The Morgan fingerprint density at radius 2 is 2.00 bits per heavy atom. The number of aliphatic hydroxyl groups is 1. The van der Waals surface area contributed by atoms with Crippen LogP contribution < -0.4 is 4.90 Å². The van der Waals surface area contributed by atoms with Crippen molar-refractivity contribution < 1.29 is 5.11 Å². The Morgan fingerprint density at radius 3 is 2.80 bits per heavy atom. The van der Waals surface area contributed by atoms with Gasteiger partial charge in [0.25, 0.3) is 0 Å². The summed E-state index contributed by atoms with van der Waals surface area (Å²) in [4.78, 5) is 15.7. The van der Waals surface area contributed by atoms with Gasteiger partial charge in [0.05, 0.1) is 24.7 Å². The van der Waals surface area contributed by atoms with Crippen molar-refractivity contribution in [3.05, 3.63) is 31.0 Å². The molecule has 0 radical (unpaired) electrons. The van der Waals surface area contributed by atoms with Crippen molar-refractivity contribution in [2.24, 2.45) is 18.9 Å². The fourth-order valence-corrected chi connectivity index (χ4v) is 4.39. The maximum Gasteiger partial charge on any atom is 0.227 e. The number of rotatable bonds is 2. The molecular formula is C17H21N7O. The van der Waals surface area contributed by atoms with Gasteiger partial charge >= 0.3 is 0 Å². The third-order valence-corrected chi connectivity index (χ3v) is 5.73. The molecule has 3 aromatic rings. The monoisotopic (exact) mass is 339 g/mol. The summed E-state index contributed by atoms with van der Waals surface area (Å²) >= 11 is 0. The zero-order chi connectivity index (χ0) is 17.0. The third-order valence-electron chi connectivity index (χ3n) is 5.73. The molecule has 8 heteroatoms. The van der Waals surface area contributed by atoms with E-state index < -0.39 is 0 Å². The Bertz CT molecular complexity index is 890. The van der Waals surface area contributed by atoms with E-state index in [0.29, 0.717) is 11.8 Å². The first-order valence-electron chi connectivity index (χ1n) is 8.75. The summed E-state index contributed by atoms with van der Waals surface area (Å²) in [6.07, 6.45) is 8.72. The normalized spacial score (nSPS) is 29.3. The van der Waals surface area contributed by atoms with Gasteiger partial charge in [0.1, 0.15) is 5.52 Å². The molecule has 1 saturated carbocycles. The number of anilines is 1. The van der Waals surface area contributed by atoms with Crippen molar-refractivity contribution in [3.8, 4) is 0 Å². The summed E-state index contributed by atoms with van der Waals surface area (Å²) in [6, 6.07) is 1.98. The van der Waals surface area contributed by atoms with E-state index in [2.05, 4.69) is 25.0 Å². The maximum atomic E-state index is 10.6. The highest BCUT2D eigenvalue weighted by atomic mass is 16.3. The fraction of sp³-hybridized carbons (Fsp3) is 0.529. The molecular weight excluding hydrogens is 318 g/mol. The van der Waals surface area contributed by atoms with Crippen LogP contribution in [0.25, 0.3) is 11.2 Å². The molecule has 0 amide bonds. The van der Waals surface area contributed by atoms with E-state index in [0.717, 1.165) is 43.0 Å². The Labute approximate surface area is 145 Å². The van der Waals surface area contributed by atoms with E-state index in [9.17, 15) is 5.11 Å². The lowest BCUT2D eigenvalue weighted by atomic mass is 9.77. The van der Waals surface area contributed by atoms with Crippen LogP contribution in [0.3, 0.4) is 0 Å². The van der Waals surface area contributed by atoms with Gasteiger partial charge in [-0.2, -0.15) is 10.1 Å². The van der Waals surface area contributed by atoms with Crippen LogP contribution in [0.2, 0.25) is 0 Å². The van der Waals surface area contributed by atoms with E-state index in [-0.39, 0.29) is 12.1 Å². The van der Waals surface area contributed by atoms with E-state index in [1.54, 1.807) is 12.5 Å². The first kappa shape index (κ1) is 14.8. The Kier molecular flexibility index (Phi) is 3.27. The molecule has 0 aromatic carbocycles. The molecule has 25 heavy (non-hydrogen) atoms. The largest absolute Gasteiger partial charge is 0.391 e. The SMILES string of the molecule is Cn1cnc2nc(N3C[C@H]4C[C@@H](n5cccn5)[C@H](O)C[C@H]4C3)ncc21. The van der Waals surface area contributed by atoms with Crippen LogP contribution in [-0.2, 0) is 7.05 Å². The van der Waals surface area contributed by atoms with Gasteiger partial charge in [0, 0.05) is 32.5 Å². The first-order valence-corrected chi connectivity index (χ1v) is 8.75. The lowest BCUT2D eigenvalue weighted by Crippen LogP contribution is -2.36. The van der Waals surface area contributed by atoms with E-state index in [4.69, 9.17) is 0 Å². The van der Waals surface area contributed by atoms with Crippen LogP contribution in [0.4, 0.5) is 5.95 Å². The fourth-order valence-electron chi connectivity index (χ4n) is 4.39. The van der Waals surface area contributed by atoms with Crippen LogP contribution in [0.15, 0.2) is 31.0 Å². The van der Waals surface area contributed by atoms with Gasteiger partial charge < -0.3 is 14.6 Å². The van der Waals surface area contributed by atoms with Gasteiger partial charge in [-0.3, -0.25) is 4.68 Å². The molecule has 4 heterocycles. The van der Waals surface area contributed by atoms with Gasteiger partial charge in [-0.1, -0.05) is 0 Å². The number of hydrogen-bond acceptors (Lipinski definition) is 6. The Balaban J connectivity index is 1.38. The van der Waals surface area contributed by atoms with Crippen molar-refractivity contribution in [2.75, 3.05) is 18.0 Å². The van der Waals surface area contributed by atoms with Crippen molar-refractivity contribution in [1.82, 2.24) is 29.3 Å². The molecule has 4 atom stereocenters. The van der Waals surface area contributed by atoms with Gasteiger partial charge in [0.2, 0.25) is 5.95 Å². The quantitative estimate of drug-likeness (QED) is 0.750. The molecule has 8 nitrogen and oxygen atoms in total. The summed E-state index contributed by atoms with van der Waals surface area (Å²) < 4.78 is 3.83. The average molecular weight is 339 g/mol. The van der Waals surface area contributed by atoms with Crippen LogP contribution >= 0.6 is 0 Å². The van der Waals surface area contributed by atoms with Crippen LogP contribution in [0.5, 0.6) is 0 Å². The molecule has 2 aliphatic rings. The second kappa shape index (κ2) is 5.52. The summed E-state index contributed by atoms with van der Waals surface area (Å²) in [5, 5.41) is 14.9. The number of imidazole rings is 1. The number of hydrogen-bond donors (Lipinski definition) is 1. The van der Waals surface area contributed by atoms with Crippen molar-refractivity contribution in [2.45, 2.75) is 25.0 Å². The highest BCUT2D eigenvalue weighted by Gasteiger charge is 2.43. The molecule has 1 aliphatic carbocycles. The van der Waals surface area contributed by atoms with Crippen molar-refractivity contribution >= 4 is 17.1 Å². The zero-order valence-electron chi connectivity index (χ0n) is 14.1. The average Bonchev–Trinajstić information content (AvgIpc) is 3.33. The molecule has 2 fully saturated rings. The van der Waals surface area contributed by atoms with Gasteiger partial charge in [-0.25, -0.2) is 9.97 Å². The highest BCUT2D eigenvalue weighted by Crippen LogP contribution is 2.41. The number of aryl methyl sites for hydroxylation is 1. The number of aliphatic hydroxyl groups excluding tert-OH is 1. The smallest absolute Gasteiger partial charge is 0.227 e. The molecule has 0 bridgehead atoms. The van der Waals surface area contributed by atoms with Crippen molar-refractivity contribution in [3.63, 3.8) is 0 Å². The third kappa shape index (κ3) is 2.39. The lowest BCUT2D eigenvalue weighted by Gasteiger charge is -2.35. The van der Waals surface area contributed by atoms with Crippen LogP contribution in [0, 0.1) is 11.8 Å². The lowest BCUT2D eigenvalue weighted by molar-refractivity contribution is 0.0306. The number of aromatic nitrogens is 6. The van der Waals surface area contributed by atoms with Crippen LogP contribution in [-0.4, -0.2) is 53.6 Å². The molecule has 1 aliphatic heterocycles. The highest BCUT2D eigenvalue weighted by molar-refractivity contribution is 5.71. The van der Waals surface area contributed by atoms with E-state index >= 15 is 0 Å². The summed E-state index contributed by atoms with van der Waals surface area (Å²) in [6.45, 7) is 1.82. The molecule has 5 rings (SSSR count). The Morgan fingerprint density at radius 1 is 1.16 bits per heavy atom. The molecule has 1 saturated heterocycles. The zero-order valence-corrected chi connectivity index (χ0v) is 14.1. The predicted octanol–water partition coefficient (Wildman–Crippen LogP) is 1.01. The maximum absolute atomic E-state index is 10.6. The summed E-state index contributed by atoms with van der Waals surface area (Å²) in [5.41, 5.74) is 1.67. The molecule has 1 N–H and O–H groups in total. The second-order valence-corrected chi connectivity index (χ2v) is 7.25. The minimum atomic E-state index is -0.347. The molecule has 3 aromatic heterocycles. The van der Waals surface area contributed by atoms with E-state index in [1.807, 2.05) is 34.8 Å². The standard InChI is InChI=1S/C17H21N7O/c1-22-10-19-16-14(22)7-18-17(21-16)23-8-11-5-13(24-4-2-3-20-24)15(25)6-12(11)9-23/h2-4,7,10-13,15,25H,5-6,8-9H2,1H3/t11-,12+,13-,15-/m1/s1. The van der Waals surface area contributed by atoms with E-state index in [1.165, 1.54) is 0 Å². The Hall–Kier alpha value is -2.48.